The maximum absolute atomic E-state index is 13.2. The van der Waals surface area contributed by atoms with Gasteiger partial charge >= 0.3 is 10.8 Å². The van der Waals surface area contributed by atoms with E-state index in [-0.39, 0.29) is 22.6 Å². The molecule has 0 radical (unpaired) electrons. The zero-order chi connectivity index (χ0) is 27.5. The molecule has 0 spiro atoms. The van der Waals surface area contributed by atoms with Crippen molar-refractivity contribution in [2.24, 2.45) is 0 Å². The number of esters is 1. The minimum Gasteiger partial charge on any atom is -0.494 e. The number of hydrogen-bond acceptors (Lipinski definition) is 6. The Morgan fingerprint density at radius 2 is 1.64 bits per heavy atom. The van der Waals surface area contributed by atoms with Crippen molar-refractivity contribution in [3.63, 3.8) is 0 Å². The summed E-state index contributed by atoms with van der Waals surface area (Å²) in [5.41, 5.74) is 4.63. The number of thiazole rings is 1. The number of fused-ring (bicyclic) bond motifs is 1. The molecular formula is C31H26N2O5S. The fourth-order valence-corrected chi connectivity index (χ4v) is 5.23. The second-order valence-electron chi connectivity index (χ2n) is 9.34. The fraction of sp³-hybridized carbons (Fsp3) is 0.129. The van der Waals surface area contributed by atoms with Crippen LogP contribution in [-0.2, 0) is 17.8 Å². The third-order valence-corrected chi connectivity index (χ3v) is 7.24. The van der Waals surface area contributed by atoms with Gasteiger partial charge in [-0.1, -0.05) is 65.9 Å². The molecule has 39 heavy (non-hydrogen) atoms. The molecule has 7 nitrogen and oxygen atoms in total. The molecule has 0 aliphatic rings. The first-order valence-corrected chi connectivity index (χ1v) is 13.1. The first-order valence-electron chi connectivity index (χ1n) is 12.3. The first-order chi connectivity index (χ1) is 18.7. The number of aromatic amines is 1. The summed E-state index contributed by atoms with van der Waals surface area (Å²) in [6.45, 7) is 1.80. The van der Waals surface area contributed by atoms with Gasteiger partial charge in [0, 0.05) is 32.5 Å². The summed E-state index contributed by atoms with van der Waals surface area (Å²) in [6, 6.07) is 26.9. The van der Waals surface area contributed by atoms with Gasteiger partial charge in [-0.3, -0.25) is 19.4 Å². The highest BCUT2D eigenvalue weighted by Gasteiger charge is 2.14. The van der Waals surface area contributed by atoms with Gasteiger partial charge in [-0.25, -0.2) is 0 Å². The summed E-state index contributed by atoms with van der Waals surface area (Å²) >= 11 is 1.01. The average Bonchev–Trinajstić information content (AvgIpc) is 3.24. The molecule has 2 N–H and O–H groups in total. The molecule has 0 aliphatic heterocycles. The molecule has 4 aromatic carbocycles. The van der Waals surface area contributed by atoms with Crippen molar-refractivity contribution in [1.82, 2.24) is 9.88 Å². The molecule has 5 aromatic rings. The highest BCUT2D eigenvalue weighted by Crippen LogP contribution is 2.26. The number of ether oxygens (including phenoxy) is 1. The van der Waals surface area contributed by atoms with Crippen molar-refractivity contribution < 1.29 is 19.4 Å². The first kappa shape index (κ1) is 25.9. The molecule has 1 amide bonds. The number of hydrogen-bond donors (Lipinski definition) is 2. The molecule has 5 rings (SSSR count). The van der Waals surface area contributed by atoms with Crippen LogP contribution in [0, 0.1) is 0 Å². The van der Waals surface area contributed by atoms with Crippen LogP contribution >= 0.6 is 11.3 Å². The van der Waals surface area contributed by atoms with E-state index in [0.29, 0.717) is 29.2 Å². The van der Waals surface area contributed by atoms with Crippen LogP contribution in [0.1, 0.15) is 33.3 Å². The SMILES string of the molecule is CC(=O)Oc1ccc2cc(C(=O)N(C)Cc3cccc(-c4ccc(Cc5sc(=O)[nH]c5O)cc4)c3)ccc2c1. The van der Waals surface area contributed by atoms with Crippen LogP contribution in [0.5, 0.6) is 11.6 Å². The normalized spacial score (nSPS) is 10.9. The van der Waals surface area contributed by atoms with Crippen LogP contribution in [0.15, 0.2) is 89.7 Å². The molecule has 0 saturated heterocycles. The molecule has 196 valence electrons. The molecule has 0 unspecified atom stereocenters. The lowest BCUT2D eigenvalue weighted by Gasteiger charge is -2.18. The van der Waals surface area contributed by atoms with Crippen LogP contribution in [-0.4, -0.2) is 33.9 Å². The second kappa shape index (κ2) is 11.0. The third-order valence-electron chi connectivity index (χ3n) is 6.37. The molecule has 1 aromatic heterocycles. The van der Waals surface area contributed by atoms with Gasteiger partial charge in [0.05, 0.1) is 4.88 Å². The Morgan fingerprint density at radius 3 is 2.36 bits per heavy atom. The summed E-state index contributed by atoms with van der Waals surface area (Å²) in [6.07, 6.45) is 0.477. The lowest BCUT2D eigenvalue weighted by Crippen LogP contribution is -2.26. The van der Waals surface area contributed by atoms with E-state index in [1.807, 2.05) is 60.7 Å². The molecule has 0 fully saturated rings. The number of amides is 1. The lowest BCUT2D eigenvalue weighted by atomic mass is 10.0. The quantitative estimate of drug-likeness (QED) is 0.203. The van der Waals surface area contributed by atoms with Gasteiger partial charge in [0.25, 0.3) is 5.91 Å². The van der Waals surface area contributed by atoms with Gasteiger partial charge in [0.15, 0.2) is 0 Å². The summed E-state index contributed by atoms with van der Waals surface area (Å²) in [4.78, 5) is 40.3. The van der Waals surface area contributed by atoms with Crippen molar-refractivity contribution >= 4 is 34.0 Å². The van der Waals surface area contributed by atoms with Crippen LogP contribution in [0.2, 0.25) is 0 Å². The molecular weight excluding hydrogens is 512 g/mol. The van der Waals surface area contributed by atoms with E-state index < -0.39 is 0 Å². The van der Waals surface area contributed by atoms with Gasteiger partial charge in [0.2, 0.25) is 5.88 Å². The van der Waals surface area contributed by atoms with E-state index in [0.717, 1.165) is 44.4 Å². The Labute approximate surface area is 228 Å². The van der Waals surface area contributed by atoms with Gasteiger partial charge in [-0.15, -0.1) is 0 Å². The van der Waals surface area contributed by atoms with Gasteiger partial charge in [-0.05, 0) is 63.4 Å². The zero-order valence-corrected chi connectivity index (χ0v) is 22.2. The topological polar surface area (TPSA) is 99.7 Å². The monoisotopic (exact) mass is 538 g/mol. The number of carbonyl (C=O) groups excluding carboxylic acids is 2. The van der Waals surface area contributed by atoms with E-state index in [4.69, 9.17) is 4.74 Å². The molecule has 0 saturated carbocycles. The number of benzene rings is 4. The van der Waals surface area contributed by atoms with Crippen LogP contribution in [0.4, 0.5) is 0 Å². The Balaban J connectivity index is 1.27. The predicted molar refractivity (Wildman–Crippen MR) is 152 cm³/mol. The largest absolute Gasteiger partial charge is 0.494 e. The fourth-order valence-electron chi connectivity index (χ4n) is 4.47. The summed E-state index contributed by atoms with van der Waals surface area (Å²) in [7, 11) is 1.78. The summed E-state index contributed by atoms with van der Waals surface area (Å²) in [5.74, 6) is -0.0690. The van der Waals surface area contributed by atoms with Crippen molar-refractivity contribution in [3.8, 4) is 22.8 Å². The maximum atomic E-state index is 13.2. The Morgan fingerprint density at radius 1 is 0.897 bits per heavy atom. The molecule has 8 heteroatoms. The smallest absolute Gasteiger partial charge is 0.308 e. The number of rotatable bonds is 7. The highest BCUT2D eigenvalue weighted by atomic mass is 32.1. The van der Waals surface area contributed by atoms with Crippen LogP contribution in [0.25, 0.3) is 21.9 Å². The summed E-state index contributed by atoms with van der Waals surface area (Å²) in [5, 5.41) is 11.6. The van der Waals surface area contributed by atoms with E-state index in [2.05, 4.69) is 11.1 Å². The molecule has 1 heterocycles. The number of aromatic hydroxyl groups is 1. The number of nitrogens with zero attached hydrogens (tertiary/aromatic N) is 1. The second-order valence-corrected chi connectivity index (χ2v) is 10.4. The minimum absolute atomic E-state index is 0.0717. The number of aromatic nitrogens is 1. The van der Waals surface area contributed by atoms with E-state index in [1.54, 1.807) is 30.1 Å². The Kier molecular flexibility index (Phi) is 7.29. The van der Waals surface area contributed by atoms with Crippen molar-refractivity contribution in [2.45, 2.75) is 19.9 Å². The minimum atomic E-state index is -0.377. The molecule has 0 aliphatic carbocycles. The van der Waals surface area contributed by atoms with Gasteiger partial charge in [-0.2, -0.15) is 0 Å². The standard InChI is InChI=1S/C31H26N2O5S/c1-19(34)38-27-13-12-24-16-26(11-10-25(24)17-27)30(36)33(2)18-21-4-3-5-23(14-21)22-8-6-20(7-9-22)15-28-29(35)32-31(37)39-28/h3-14,16-17,35H,15,18H2,1-2H3,(H,32,37). The van der Waals surface area contributed by atoms with Crippen LogP contribution in [0.3, 0.4) is 0 Å². The Hall–Kier alpha value is -4.69. The van der Waals surface area contributed by atoms with E-state index >= 15 is 0 Å². The van der Waals surface area contributed by atoms with Gasteiger partial charge < -0.3 is 14.7 Å². The highest BCUT2D eigenvalue weighted by molar-refractivity contribution is 7.09. The van der Waals surface area contributed by atoms with Crippen molar-refractivity contribution in [3.05, 3.63) is 116 Å². The maximum Gasteiger partial charge on any atom is 0.308 e. The van der Waals surface area contributed by atoms with E-state index in [9.17, 15) is 19.5 Å². The Bertz CT molecular complexity index is 1740. The van der Waals surface area contributed by atoms with Crippen LogP contribution < -0.4 is 9.61 Å². The third kappa shape index (κ3) is 6.08. The van der Waals surface area contributed by atoms with Crippen molar-refractivity contribution in [2.75, 3.05) is 7.05 Å². The lowest BCUT2D eigenvalue weighted by molar-refractivity contribution is -0.131. The molecule has 0 bridgehead atoms. The molecule has 0 atom stereocenters. The number of H-pyrrole nitrogens is 1. The summed E-state index contributed by atoms with van der Waals surface area (Å²) < 4.78 is 5.15. The number of carbonyl (C=O) groups is 2. The zero-order valence-electron chi connectivity index (χ0n) is 21.4. The van der Waals surface area contributed by atoms with Gasteiger partial charge in [0.1, 0.15) is 5.75 Å². The predicted octanol–water partition coefficient (Wildman–Crippen LogP) is 5.75. The number of nitrogens with one attached hydrogen (secondary N) is 1. The average molecular weight is 539 g/mol. The van der Waals surface area contributed by atoms with E-state index in [1.165, 1.54) is 6.92 Å². The van der Waals surface area contributed by atoms with Crippen molar-refractivity contribution in [1.29, 1.82) is 0 Å².